The minimum atomic E-state index is -0.122. The van der Waals surface area contributed by atoms with Gasteiger partial charge in [0.2, 0.25) is 5.91 Å². The Balaban J connectivity index is 1.97. The third-order valence-corrected chi connectivity index (χ3v) is 5.87. The van der Waals surface area contributed by atoms with Crippen molar-refractivity contribution >= 4 is 5.91 Å². The summed E-state index contributed by atoms with van der Waals surface area (Å²) in [6.07, 6.45) is 0.921. The van der Waals surface area contributed by atoms with Crippen LogP contribution < -0.4 is 24.4 Å². The fraction of sp³-hybridized carbons (Fsp3) is 0.458. The second-order valence-corrected chi connectivity index (χ2v) is 7.86. The molecule has 3 rings (SSSR count). The summed E-state index contributed by atoms with van der Waals surface area (Å²) in [6.45, 7) is 3.85. The van der Waals surface area contributed by atoms with Crippen LogP contribution in [0.25, 0.3) is 0 Å². The van der Waals surface area contributed by atoms with Crippen LogP contribution in [-0.2, 0) is 22.5 Å². The van der Waals surface area contributed by atoms with Crippen LogP contribution in [0.4, 0.5) is 0 Å². The van der Waals surface area contributed by atoms with Gasteiger partial charge in [-0.15, -0.1) is 0 Å². The van der Waals surface area contributed by atoms with Gasteiger partial charge in [0, 0.05) is 24.7 Å². The summed E-state index contributed by atoms with van der Waals surface area (Å²) in [7, 11) is 6.50. The maximum Gasteiger partial charge on any atom is 0.246 e. The number of carbonyl (C=O) groups excluding carboxylic acids is 1. The standard InChI is InChI=1S/C24H32N2O5/c1-16(25-23(27)15-28-2)24-20-13-22(31-5)21(30-4)12-18(20)9-10-26(24)14-17-7-6-8-19(11-17)29-3/h6-8,11-13,16,24H,9-10,14-15H2,1-5H3,(H,25,27)/p+1/t16-,24-/m0/s1. The lowest BCUT2D eigenvalue weighted by atomic mass is 9.87. The van der Waals surface area contributed by atoms with Gasteiger partial charge in [-0.25, -0.2) is 0 Å². The fourth-order valence-electron chi connectivity index (χ4n) is 4.49. The van der Waals surface area contributed by atoms with Crippen molar-refractivity contribution in [2.24, 2.45) is 0 Å². The molecule has 0 saturated carbocycles. The molecule has 0 radical (unpaired) electrons. The first kappa shape index (κ1) is 22.9. The average molecular weight is 430 g/mol. The van der Waals surface area contributed by atoms with Gasteiger partial charge in [-0.2, -0.15) is 0 Å². The summed E-state index contributed by atoms with van der Waals surface area (Å²) in [5, 5.41) is 3.11. The molecule has 1 aliphatic rings. The zero-order chi connectivity index (χ0) is 22.4. The highest BCUT2D eigenvalue weighted by molar-refractivity contribution is 5.77. The van der Waals surface area contributed by atoms with E-state index in [9.17, 15) is 4.79 Å². The molecule has 0 saturated heterocycles. The molecule has 7 heteroatoms. The normalized spacial score (nSPS) is 18.6. The van der Waals surface area contributed by atoms with Crippen LogP contribution >= 0.6 is 0 Å². The number of fused-ring (bicyclic) bond motifs is 1. The highest BCUT2D eigenvalue weighted by Crippen LogP contribution is 2.35. The molecule has 168 valence electrons. The van der Waals surface area contributed by atoms with Gasteiger partial charge in [0.25, 0.3) is 0 Å². The van der Waals surface area contributed by atoms with Crippen molar-refractivity contribution in [1.29, 1.82) is 0 Å². The van der Waals surface area contributed by atoms with Crippen molar-refractivity contribution in [2.45, 2.75) is 32.0 Å². The van der Waals surface area contributed by atoms with Crippen LogP contribution in [0.5, 0.6) is 17.2 Å². The molecule has 1 heterocycles. The number of quaternary nitrogens is 1. The molecule has 0 fully saturated rings. The first-order chi connectivity index (χ1) is 15.0. The van der Waals surface area contributed by atoms with E-state index < -0.39 is 0 Å². The average Bonchev–Trinajstić information content (AvgIpc) is 2.78. The second kappa shape index (κ2) is 10.5. The lowest BCUT2D eigenvalue weighted by Crippen LogP contribution is -3.13. The summed E-state index contributed by atoms with van der Waals surface area (Å²) in [5.41, 5.74) is 3.59. The number of nitrogens with one attached hydrogen (secondary N) is 2. The van der Waals surface area contributed by atoms with Crippen LogP contribution in [0.1, 0.15) is 29.7 Å². The third kappa shape index (κ3) is 5.29. The van der Waals surface area contributed by atoms with Crippen molar-refractivity contribution in [3.63, 3.8) is 0 Å². The van der Waals surface area contributed by atoms with Crippen LogP contribution in [0.15, 0.2) is 36.4 Å². The molecule has 3 atom stereocenters. The summed E-state index contributed by atoms with van der Waals surface area (Å²) >= 11 is 0. The van der Waals surface area contributed by atoms with Gasteiger partial charge in [-0.05, 0) is 36.8 Å². The molecule has 1 unspecified atom stereocenters. The molecule has 0 aliphatic carbocycles. The maximum absolute atomic E-state index is 12.3. The van der Waals surface area contributed by atoms with Crippen LogP contribution in [-0.4, -0.2) is 53.5 Å². The minimum absolute atomic E-state index is 0.0427. The molecule has 0 bridgehead atoms. The summed E-state index contributed by atoms with van der Waals surface area (Å²) in [6, 6.07) is 12.2. The zero-order valence-corrected chi connectivity index (χ0v) is 19.0. The zero-order valence-electron chi connectivity index (χ0n) is 19.0. The van der Waals surface area contributed by atoms with Crippen molar-refractivity contribution < 1.29 is 28.6 Å². The fourth-order valence-corrected chi connectivity index (χ4v) is 4.49. The molecule has 31 heavy (non-hydrogen) atoms. The lowest BCUT2D eigenvalue weighted by Gasteiger charge is -2.38. The highest BCUT2D eigenvalue weighted by atomic mass is 16.5. The predicted molar refractivity (Wildman–Crippen MR) is 118 cm³/mol. The molecule has 1 aliphatic heterocycles. The van der Waals surface area contributed by atoms with E-state index in [2.05, 4.69) is 36.5 Å². The van der Waals surface area contributed by atoms with E-state index in [0.717, 1.165) is 31.0 Å². The minimum Gasteiger partial charge on any atom is -0.497 e. The van der Waals surface area contributed by atoms with Crippen molar-refractivity contribution in [1.82, 2.24) is 5.32 Å². The lowest BCUT2D eigenvalue weighted by molar-refractivity contribution is -0.948. The summed E-state index contributed by atoms with van der Waals surface area (Å²) < 4.78 is 21.5. The Morgan fingerprint density at radius 2 is 1.84 bits per heavy atom. The summed E-state index contributed by atoms with van der Waals surface area (Å²) in [5.74, 6) is 2.15. The highest BCUT2D eigenvalue weighted by Gasteiger charge is 2.37. The Bertz CT molecular complexity index is 902. The number of amides is 1. The first-order valence-corrected chi connectivity index (χ1v) is 10.5. The summed E-state index contributed by atoms with van der Waals surface area (Å²) in [4.78, 5) is 13.6. The van der Waals surface area contributed by atoms with Crippen molar-refractivity contribution in [3.8, 4) is 17.2 Å². The van der Waals surface area contributed by atoms with E-state index in [1.54, 1.807) is 21.3 Å². The van der Waals surface area contributed by atoms with E-state index in [1.165, 1.54) is 28.7 Å². The Hall–Kier alpha value is -2.77. The van der Waals surface area contributed by atoms with Gasteiger partial charge in [0.1, 0.15) is 24.9 Å². The molecular formula is C24H33N2O5+. The smallest absolute Gasteiger partial charge is 0.246 e. The molecule has 1 amide bonds. The topological polar surface area (TPSA) is 70.5 Å². The van der Waals surface area contributed by atoms with Crippen molar-refractivity contribution in [2.75, 3.05) is 41.6 Å². The van der Waals surface area contributed by atoms with Crippen LogP contribution in [0.3, 0.4) is 0 Å². The van der Waals surface area contributed by atoms with E-state index in [4.69, 9.17) is 18.9 Å². The number of ether oxygens (including phenoxy) is 4. The predicted octanol–water partition coefficient (Wildman–Crippen LogP) is 1.55. The molecule has 7 nitrogen and oxygen atoms in total. The molecule has 2 aromatic rings. The number of carbonyl (C=O) groups is 1. The Morgan fingerprint density at radius 1 is 1.10 bits per heavy atom. The molecule has 0 aromatic heterocycles. The van der Waals surface area contributed by atoms with Crippen LogP contribution in [0.2, 0.25) is 0 Å². The quantitative estimate of drug-likeness (QED) is 0.633. The van der Waals surface area contributed by atoms with Crippen LogP contribution in [0, 0.1) is 0 Å². The maximum atomic E-state index is 12.3. The van der Waals surface area contributed by atoms with Gasteiger partial charge in [0.05, 0.1) is 33.9 Å². The van der Waals surface area contributed by atoms with E-state index >= 15 is 0 Å². The van der Waals surface area contributed by atoms with E-state index in [0.29, 0.717) is 5.75 Å². The van der Waals surface area contributed by atoms with E-state index in [1.807, 2.05) is 12.1 Å². The Kier molecular flexibility index (Phi) is 7.76. The number of hydrogen-bond donors (Lipinski definition) is 2. The second-order valence-electron chi connectivity index (χ2n) is 7.86. The number of hydrogen-bond acceptors (Lipinski definition) is 5. The number of benzene rings is 2. The largest absolute Gasteiger partial charge is 0.497 e. The Morgan fingerprint density at radius 3 is 2.52 bits per heavy atom. The van der Waals surface area contributed by atoms with Gasteiger partial charge in [-0.1, -0.05) is 12.1 Å². The molecular weight excluding hydrogens is 396 g/mol. The molecule has 2 aromatic carbocycles. The monoisotopic (exact) mass is 429 g/mol. The molecule has 2 N–H and O–H groups in total. The first-order valence-electron chi connectivity index (χ1n) is 10.5. The van der Waals surface area contributed by atoms with E-state index in [-0.39, 0.29) is 24.6 Å². The molecule has 0 spiro atoms. The van der Waals surface area contributed by atoms with Gasteiger partial charge in [-0.3, -0.25) is 4.79 Å². The third-order valence-electron chi connectivity index (χ3n) is 5.87. The number of rotatable bonds is 9. The van der Waals surface area contributed by atoms with Crippen molar-refractivity contribution in [3.05, 3.63) is 53.1 Å². The van der Waals surface area contributed by atoms with Gasteiger partial charge >= 0.3 is 0 Å². The van der Waals surface area contributed by atoms with Gasteiger partial charge in [0.15, 0.2) is 11.5 Å². The SMILES string of the molecule is COCC(=O)N[C@@H](C)[C@H]1c2cc(OC)c(OC)cc2CC[NH+]1Cc1cccc(OC)c1. The Labute approximate surface area is 184 Å². The number of methoxy groups -OCH3 is 4. The van der Waals surface area contributed by atoms with Gasteiger partial charge < -0.3 is 29.2 Å².